The van der Waals surface area contributed by atoms with E-state index in [-0.39, 0.29) is 124 Å². The maximum atomic E-state index is 14.0. The van der Waals surface area contributed by atoms with Crippen LogP contribution in [0.25, 0.3) is 11.0 Å². The number of carbonyl (C=O) groups is 8. The summed E-state index contributed by atoms with van der Waals surface area (Å²) in [4.78, 5) is 116. The lowest BCUT2D eigenvalue weighted by Crippen LogP contribution is -2.57. The summed E-state index contributed by atoms with van der Waals surface area (Å²) in [7, 11) is 1.72. The first kappa shape index (κ1) is 62.9. The minimum atomic E-state index is -1.60. The van der Waals surface area contributed by atoms with Gasteiger partial charge in [-0.2, -0.15) is 0 Å². The van der Waals surface area contributed by atoms with Gasteiger partial charge in [0.15, 0.2) is 0 Å². The summed E-state index contributed by atoms with van der Waals surface area (Å²) in [5, 5.41) is 103. The van der Waals surface area contributed by atoms with Crippen LogP contribution in [0.4, 0.5) is 5.69 Å². The number of anilines is 1. The number of hydrogen-bond donors (Lipinski definition) is 14. The van der Waals surface area contributed by atoms with E-state index in [1.165, 1.54) is 4.90 Å². The molecule has 1 fully saturated rings. The van der Waals surface area contributed by atoms with Crippen molar-refractivity contribution in [2.75, 3.05) is 104 Å². The summed E-state index contributed by atoms with van der Waals surface area (Å²) in [6.45, 7) is 0.0667. The molecule has 0 radical (unpaired) electrons. The quantitative estimate of drug-likeness (QED) is 0.0243. The number of aliphatic hydroxyl groups is 3. The van der Waals surface area contributed by atoms with Gasteiger partial charge in [0, 0.05) is 90.5 Å². The first-order chi connectivity index (χ1) is 37.5. The molecule has 0 aliphatic carbocycles. The number of carbonyl (C=O) groups excluding carboxylic acids is 2. The zero-order valence-electron chi connectivity index (χ0n) is 44.0. The molecule has 436 valence electrons. The molecule has 1 saturated heterocycles. The number of para-hydroxylation sites is 2. The van der Waals surface area contributed by atoms with Gasteiger partial charge >= 0.3 is 35.8 Å². The molecule has 2 aliphatic rings. The topological polar surface area (TPSA) is 415 Å². The molecule has 3 aromatic rings. The number of H-pyrrole nitrogens is 1. The summed E-state index contributed by atoms with van der Waals surface area (Å²) in [5.41, 5.74) is 3.19. The highest BCUT2D eigenvalue weighted by Gasteiger charge is 2.33. The van der Waals surface area contributed by atoms with E-state index >= 15 is 0 Å². The van der Waals surface area contributed by atoms with Crippen LogP contribution < -0.4 is 21.3 Å². The highest BCUT2D eigenvalue weighted by atomic mass is 16.4. The van der Waals surface area contributed by atoms with E-state index in [9.17, 15) is 84.3 Å². The predicted octanol–water partition coefficient (Wildman–Crippen LogP) is -2.45. The summed E-state index contributed by atoms with van der Waals surface area (Å²) >= 11 is 0. The van der Waals surface area contributed by atoms with Gasteiger partial charge in [0.1, 0.15) is 30.5 Å². The molecule has 79 heavy (non-hydrogen) atoms. The van der Waals surface area contributed by atoms with Gasteiger partial charge in [0.2, 0.25) is 11.8 Å². The molecule has 29 nitrogen and oxygen atoms in total. The van der Waals surface area contributed by atoms with Gasteiger partial charge in [-0.05, 0) is 68.2 Å². The Hall–Kier alpha value is -6.93. The van der Waals surface area contributed by atoms with Gasteiger partial charge in [-0.15, -0.1) is 0 Å². The minimum Gasteiger partial charge on any atom is -0.481 e. The molecule has 2 aromatic carbocycles. The molecule has 0 saturated carbocycles. The van der Waals surface area contributed by atoms with Crippen molar-refractivity contribution >= 4 is 64.4 Å². The molecule has 3 heterocycles. The van der Waals surface area contributed by atoms with Gasteiger partial charge in [-0.3, -0.25) is 73.5 Å². The number of aromatic amines is 1. The van der Waals surface area contributed by atoms with Crippen molar-refractivity contribution in [1.29, 1.82) is 0 Å². The minimum absolute atomic E-state index is 0.0107. The van der Waals surface area contributed by atoms with Crippen LogP contribution in [-0.2, 0) is 51.4 Å². The lowest BCUT2D eigenvalue weighted by Gasteiger charge is -2.34. The van der Waals surface area contributed by atoms with Crippen molar-refractivity contribution < 1.29 is 84.3 Å². The van der Waals surface area contributed by atoms with Gasteiger partial charge in [0.25, 0.3) is 0 Å². The van der Waals surface area contributed by atoms with E-state index in [0.717, 1.165) is 11.0 Å². The third-order valence-corrected chi connectivity index (χ3v) is 13.5. The predicted molar refractivity (Wildman–Crippen MR) is 280 cm³/mol. The average molecular weight is 1120 g/mol. The monoisotopic (exact) mass is 1110 g/mol. The Balaban J connectivity index is 1.23. The fraction of sp³-hybridized carbons (Fsp3) is 0.580. The van der Waals surface area contributed by atoms with Crippen LogP contribution in [-0.4, -0.2) is 262 Å². The molecule has 0 bridgehead atoms. The molecule has 0 spiro atoms. The van der Waals surface area contributed by atoms with Crippen LogP contribution >= 0.6 is 0 Å². The molecular formula is C50H74N12O17. The van der Waals surface area contributed by atoms with Crippen molar-refractivity contribution in [3.8, 4) is 0 Å². The van der Waals surface area contributed by atoms with Crippen LogP contribution in [0.15, 0.2) is 42.5 Å². The van der Waals surface area contributed by atoms with Crippen LogP contribution in [0.3, 0.4) is 0 Å². The Labute approximate surface area is 454 Å². The summed E-state index contributed by atoms with van der Waals surface area (Å²) in [6, 6.07) is 8.70. The Morgan fingerprint density at radius 2 is 1.30 bits per heavy atom. The molecule has 2 amide bonds. The Kier molecular flexibility index (Phi) is 24.7. The summed E-state index contributed by atoms with van der Waals surface area (Å²) in [5.74, 6) is -7.93. The molecule has 1 aromatic heterocycles. The second-order valence-corrected chi connectivity index (χ2v) is 19.7. The molecule has 14 N–H and O–H groups in total. The molecule has 2 aliphatic heterocycles. The Morgan fingerprint density at radius 1 is 0.734 bits per heavy atom. The number of nitrogens with zero attached hydrogens (tertiary/aromatic N) is 7. The highest BCUT2D eigenvalue weighted by Crippen LogP contribution is 2.29. The third-order valence-electron chi connectivity index (χ3n) is 13.5. The van der Waals surface area contributed by atoms with Crippen molar-refractivity contribution in [3.63, 3.8) is 0 Å². The SMILES string of the molecule is CN(Cc1nc2ccccc2[nH]1)[C@@H](O)c1ccc2c(c1)CN(CCCN[C@@H](O)[C@H](CCC(=O)O)NC(=O)[C@H](CCC(=O)O)N[C@@H](O)CN1CCN(CC(=O)O)CCN(CC(=O)O)CCN(CC(=O)O)CC1)C(=O)[C@H](CC(=O)O)N2. The second-order valence-electron chi connectivity index (χ2n) is 19.7. The lowest BCUT2D eigenvalue weighted by atomic mass is 10.1. The number of β-amino-alcohol motifs (C(OH)–C–C–N with tert-alkyl or cyclic N) is 1. The number of fused-ring (bicyclic) bond motifs is 2. The Morgan fingerprint density at radius 3 is 1.86 bits per heavy atom. The maximum Gasteiger partial charge on any atom is 0.317 e. The summed E-state index contributed by atoms with van der Waals surface area (Å²) < 4.78 is 0. The van der Waals surface area contributed by atoms with Gasteiger partial charge in [-0.25, -0.2) is 4.98 Å². The van der Waals surface area contributed by atoms with E-state index in [1.807, 2.05) is 24.3 Å². The van der Waals surface area contributed by atoms with E-state index < -0.39 is 104 Å². The lowest BCUT2D eigenvalue weighted by molar-refractivity contribution is -0.141. The van der Waals surface area contributed by atoms with Crippen molar-refractivity contribution in [3.05, 3.63) is 59.4 Å². The zero-order chi connectivity index (χ0) is 57.8. The van der Waals surface area contributed by atoms with Crippen molar-refractivity contribution in [1.82, 2.24) is 55.3 Å². The molecule has 6 atom stereocenters. The van der Waals surface area contributed by atoms with E-state index in [2.05, 4.69) is 31.2 Å². The number of amides is 2. The number of benzene rings is 2. The zero-order valence-corrected chi connectivity index (χ0v) is 44.0. The fourth-order valence-electron chi connectivity index (χ4n) is 9.39. The normalized spacial score (nSPS) is 18.5. The standard InChI is InChI=1S/C50H74N12O17/c1-57(26-39-53-34-5-2-3-6-35(34)54-39)49(78)31-7-8-33-32(23-31)25-62(50(79)38(52-33)24-43(68)69)14-4-13-51-47(76)36(9-11-41(64)65)56-48(77)37(10-12-42(66)67)55-40(63)27-58-15-17-59(28-44(70)71)19-21-61(30-46(74)75)22-20-60(18-16-58)29-45(72)73/h2-3,5-8,23,36-38,40,47,49,51-52,55,63,76,78H,4,9-22,24-30H2,1H3,(H,53,54)(H,56,77)(H,64,65)(H,66,67)(H,68,69)(H,70,71)(H,72,73)(H,74,75)/t36-,37-,38-,40-,47-,49-/m0/s1. The first-order valence-corrected chi connectivity index (χ1v) is 25.9. The first-order valence-electron chi connectivity index (χ1n) is 25.9. The summed E-state index contributed by atoms with van der Waals surface area (Å²) in [6.07, 6.45) is -6.38. The van der Waals surface area contributed by atoms with Gasteiger partial charge in [0.05, 0.1) is 55.7 Å². The number of aliphatic hydroxyl groups excluding tert-OH is 3. The number of aliphatic carboxylic acids is 6. The largest absolute Gasteiger partial charge is 0.481 e. The van der Waals surface area contributed by atoms with E-state index in [0.29, 0.717) is 22.6 Å². The number of carboxylic acids is 6. The van der Waals surface area contributed by atoms with E-state index in [1.54, 1.807) is 49.7 Å². The van der Waals surface area contributed by atoms with Gasteiger partial charge in [-0.1, -0.05) is 18.2 Å². The number of imidazole rings is 1. The van der Waals surface area contributed by atoms with Crippen LogP contribution in [0.1, 0.15) is 61.7 Å². The molecular weight excluding hydrogens is 1040 g/mol. The second kappa shape index (κ2) is 31.0. The highest BCUT2D eigenvalue weighted by molar-refractivity contribution is 5.90. The number of hydrogen-bond acceptors (Lipinski definition) is 20. The third kappa shape index (κ3) is 21.3. The van der Waals surface area contributed by atoms with Crippen LogP contribution in [0.2, 0.25) is 0 Å². The van der Waals surface area contributed by atoms with Crippen LogP contribution in [0.5, 0.6) is 0 Å². The average Bonchev–Trinajstić information content (AvgIpc) is 3.79. The number of aromatic nitrogens is 2. The maximum absolute atomic E-state index is 14.0. The molecule has 29 heteroatoms. The number of nitrogens with one attached hydrogen (secondary N) is 5. The van der Waals surface area contributed by atoms with Crippen LogP contribution in [0, 0.1) is 0 Å². The molecule has 5 rings (SSSR count). The Bertz CT molecular complexity index is 2490. The van der Waals surface area contributed by atoms with Crippen molar-refractivity contribution in [2.24, 2.45) is 0 Å². The smallest absolute Gasteiger partial charge is 0.317 e. The fourth-order valence-corrected chi connectivity index (χ4v) is 9.39. The molecule has 0 unspecified atom stereocenters. The van der Waals surface area contributed by atoms with Crippen molar-refractivity contribution in [2.45, 2.75) is 88.4 Å². The van der Waals surface area contributed by atoms with Gasteiger partial charge < -0.3 is 66.5 Å². The van der Waals surface area contributed by atoms with E-state index in [4.69, 9.17) is 0 Å². The number of carboxylic acid groups (broad SMARTS) is 6. The number of rotatable bonds is 30.